The summed E-state index contributed by atoms with van der Waals surface area (Å²) in [4.78, 5) is 150. The van der Waals surface area contributed by atoms with Crippen LogP contribution in [-0.2, 0) is 52.7 Å². The van der Waals surface area contributed by atoms with E-state index in [0.29, 0.717) is 5.75 Å². The minimum absolute atomic E-state index is 0.0128. The van der Waals surface area contributed by atoms with Crippen LogP contribution in [0.1, 0.15) is 72.6 Å². The molecule has 0 bridgehead atoms. The Balaban J connectivity index is 3.87. The van der Waals surface area contributed by atoms with Gasteiger partial charge in [0.15, 0.2) is 5.96 Å². The number of hydrogen-bond donors (Lipinski definition) is 15. The smallest absolute Gasteiger partial charge is 0.303 e. The highest BCUT2D eigenvalue weighted by Gasteiger charge is 2.36. The molecule has 1 rings (SSSR count). The first-order valence-electron chi connectivity index (χ1n) is 21.4. The van der Waals surface area contributed by atoms with Crippen LogP contribution < -0.4 is 65.1 Å². The van der Waals surface area contributed by atoms with Gasteiger partial charge in [0.2, 0.25) is 59.1 Å². The number of primary amides is 1. The van der Waals surface area contributed by atoms with Crippen LogP contribution in [0.4, 0.5) is 0 Å². The van der Waals surface area contributed by atoms with Crippen LogP contribution in [0.15, 0.2) is 4.99 Å². The van der Waals surface area contributed by atoms with E-state index in [2.05, 4.69) is 78.1 Å². The third kappa shape index (κ3) is 22.7. The minimum atomic E-state index is -1.65. The van der Waals surface area contributed by atoms with Gasteiger partial charge in [-0.1, -0.05) is 27.7 Å². The molecule has 1 saturated heterocycles. The Kier molecular flexibility index (Phi) is 27.3. The molecule has 378 valence electrons. The molecule has 10 amide bonds. The lowest BCUT2D eigenvalue weighted by Crippen LogP contribution is -2.61. The van der Waals surface area contributed by atoms with Gasteiger partial charge in [-0.15, -0.1) is 0 Å². The summed E-state index contributed by atoms with van der Waals surface area (Å²) in [7, 11) is 0. The van der Waals surface area contributed by atoms with Crippen molar-refractivity contribution < 1.29 is 57.8 Å². The molecule has 0 saturated carbocycles. The maximum Gasteiger partial charge on any atom is 0.303 e. The Labute approximate surface area is 403 Å². The van der Waals surface area contributed by atoms with E-state index < -0.39 is 145 Å². The van der Waals surface area contributed by atoms with Crippen molar-refractivity contribution in [1.82, 2.24) is 47.9 Å². The van der Waals surface area contributed by atoms with Gasteiger partial charge in [-0.05, 0) is 55.9 Å². The van der Waals surface area contributed by atoms with Gasteiger partial charge in [0.1, 0.15) is 48.3 Å². The van der Waals surface area contributed by atoms with Crippen molar-refractivity contribution in [3.05, 3.63) is 0 Å². The Hall–Kier alpha value is -5.51. The number of rotatable bonds is 17. The van der Waals surface area contributed by atoms with Gasteiger partial charge >= 0.3 is 5.97 Å². The largest absolute Gasteiger partial charge is 0.481 e. The predicted molar refractivity (Wildman–Crippen MR) is 254 cm³/mol. The number of carbonyl (C=O) groups excluding carboxylic acids is 10. The van der Waals surface area contributed by atoms with E-state index in [1.54, 1.807) is 34.0 Å². The summed E-state index contributed by atoms with van der Waals surface area (Å²) in [6.45, 7) is 5.91. The molecule has 1 heterocycles. The second-order valence-electron chi connectivity index (χ2n) is 16.3. The van der Waals surface area contributed by atoms with E-state index in [-0.39, 0.29) is 55.6 Å². The van der Waals surface area contributed by atoms with Gasteiger partial charge in [-0.25, -0.2) is 0 Å². The molecule has 0 unspecified atom stereocenters. The van der Waals surface area contributed by atoms with Crippen molar-refractivity contribution in [1.29, 1.82) is 0 Å². The number of nitrogens with zero attached hydrogens (tertiary/aromatic N) is 1. The second-order valence-corrected chi connectivity index (χ2v) is 18.0. The number of carboxylic acids is 1. The molecule has 67 heavy (non-hydrogen) atoms. The van der Waals surface area contributed by atoms with Crippen molar-refractivity contribution in [3.63, 3.8) is 0 Å². The summed E-state index contributed by atoms with van der Waals surface area (Å²) >= 11 is 9.67. The van der Waals surface area contributed by atoms with Gasteiger partial charge in [0.05, 0.1) is 13.0 Å². The molecule has 16 N–H and O–H groups in total. The Bertz CT molecular complexity index is 1800. The summed E-state index contributed by atoms with van der Waals surface area (Å²) in [5, 5.41) is 31.6. The molecule has 25 nitrogen and oxygen atoms in total. The molecule has 1 fully saturated rings. The number of thiol groups is 2. The second kappa shape index (κ2) is 30.7. The molecule has 0 spiro atoms. The Morgan fingerprint density at radius 2 is 1.10 bits per heavy atom. The number of nitrogens with one attached hydrogen (secondary N) is 9. The van der Waals surface area contributed by atoms with Crippen molar-refractivity contribution in [2.45, 2.75) is 121 Å². The zero-order valence-electron chi connectivity index (χ0n) is 38.2. The zero-order valence-corrected chi connectivity index (χ0v) is 40.8. The average Bonchev–Trinajstić information content (AvgIpc) is 3.24. The first kappa shape index (κ1) is 59.5. The van der Waals surface area contributed by atoms with Gasteiger partial charge in [0, 0.05) is 24.5 Å². The number of aliphatic carboxylic acids is 1. The van der Waals surface area contributed by atoms with Crippen LogP contribution in [0.5, 0.6) is 0 Å². The highest BCUT2D eigenvalue weighted by atomic mass is 32.2. The lowest BCUT2D eigenvalue weighted by atomic mass is 9.99. The number of carboxylic acid groups (broad SMARTS) is 1. The fourth-order valence-corrected chi connectivity index (χ4v) is 7.25. The van der Waals surface area contributed by atoms with E-state index in [0.717, 1.165) is 0 Å². The molecule has 0 aromatic carbocycles. The molecule has 0 aromatic rings. The SMILES string of the molecule is CSCC[C@@H]1NC(=O)[C@H](CCCN=C(N)N)NC(=O)CNC(=O)[C@H](CC(N)=O)NC(=O)[C@H](CC(C)C)NC(=O)[C@H](C(C)C)NC(=O)[C@H](CS)NC(=O)[C@H](CS)NC(=O)[C@H](CCC(=O)O)NC1=O. The Morgan fingerprint density at radius 1 is 0.642 bits per heavy atom. The lowest BCUT2D eigenvalue weighted by Gasteiger charge is -2.29. The fraction of sp³-hybridized carbons (Fsp3) is 0.692. The van der Waals surface area contributed by atoms with Gasteiger partial charge in [-0.2, -0.15) is 37.0 Å². The van der Waals surface area contributed by atoms with Gasteiger partial charge < -0.3 is 70.2 Å². The molecule has 8 atom stereocenters. The molecule has 28 heteroatoms. The molecular formula is C39H67N13O12S3. The number of amides is 10. The molecule has 0 radical (unpaired) electrons. The van der Waals surface area contributed by atoms with E-state index in [1.165, 1.54) is 11.8 Å². The number of nitrogens with two attached hydrogens (primary N) is 3. The van der Waals surface area contributed by atoms with Gasteiger partial charge in [-0.3, -0.25) is 57.7 Å². The molecule has 0 aromatic heterocycles. The van der Waals surface area contributed by atoms with Crippen LogP contribution in [0.2, 0.25) is 0 Å². The average molecular weight is 1010 g/mol. The maximum absolute atomic E-state index is 13.8. The number of carbonyl (C=O) groups is 11. The summed E-state index contributed by atoms with van der Waals surface area (Å²) in [5.74, 6) is -12.1. The first-order chi connectivity index (χ1) is 31.4. The third-order valence-electron chi connectivity index (χ3n) is 9.80. The highest BCUT2D eigenvalue weighted by molar-refractivity contribution is 7.98. The fourth-order valence-electron chi connectivity index (χ4n) is 6.26. The predicted octanol–water partition coefficient (Wildman–Crippen LogP) is -4.90. The molecule has 0 aliphatic carbocycles. The number of thioether (sulfide) groups is 1. The molecule has 1 aliphatic heterocycles. The van der Waals surface area contributed by atoms with Crippen molar-refractivity contribution >= 4 is 108 Å². The van der Waals surface area contributed by atoms with Crippen molar-refractivity contribution in [2.24, 2.45) is 34.0 Å². The standard InChI is InChI=1S/C39H67N13O12S3/c1-18(2)13-23-35(61)48-24(14-27(40)53)31(57)44-15-28(54)45-20(7-6-11-43-39(41)42)32(58)47-22(10-12-67-5)34(60)46-21(8-9-29(55)56)33(59)50-25(16-65)36(62)51-26(17-66)37(63)52-30(19(3)4)38(64)49-23/h18-26,30,65-66H,6-17H2,1-5H3,(H2,40,53)(H,44,57)(H,45,54)(H,46,60)(H,47,58)(H,48,61)(H,49,64)(H,50,59)(H,51,62)(H,52,63)(H,55,56)(H4,41,42,43)/t20-,21-,22-,23-,24-,25-,26-,30-/m0/s1. The Morgan fingerprint density at radius 3 is 1.58 bits per heavy atom. The molecule has 1 aliphatic rings. The highest BCUT2D eigenvalue weighted by Crippen LogP contribution is 2.11. The van der Waals surface area contributed by atoms with E-state index in [1.807, 2.05) is 0 Å². The van der Waals surface area contributed by atoms with Crippen LogP contribution in [0, 0.1) is 11.8 Å². The van der Waals surface area contributed by atoms with Crippen molar-refractivity contribution in [3.8, 4) is 0 Å². The quantitative estimate of drug-likeness (QED) is 0.0281. The lowest BCUT2D eigenvalue weighted by molar-refractivity contribution is -0.138. The van der Waals surface area contributed by atoms with Crippen LogP contribution in [-0.4, -0.2) is 161 Å². The summed E-state index contributed by atoms with van der Waals surface area (Å²) in [5.41, 5.74) is 16.3. The van der Waals surface area contributed by atoms with Crippen LogP contribution in [0.25, 0.3) is 0 Å². The topological polar surface area (TPSA) is 407 Å². The first-order valence-corrected chi connectivity index (χ1v) is 24.1. The number of guanidine groups is 1. The summed E-state index contributed by atoms with van der Waals surface area (Å²) in [6, 6.07) is -11.5. The maximum atomic E-state index is 13.8. The summed E-state index contributed by atoms with van der Waals surface area (Å²) < 4.78 is 0. The van der Waals surface area contributed by atoms with Crippen LogP contribution >= 0.6 is 37.0 Å². The molecular weight excluding hydrogens is 939 g/mol. The van der Waals surface area contributed by atoms with E-state index in [4.69, 9.17) is 17.2 Å². The van der Waals surface area contributed by atoms with E-state index in [9.17, 15) is 57.8 Å². The van der Waals surface area contributed by atoms with E-state index >= 15 is 0 Å². The van der Waals surface area contributed by atoms with Crippen LogP contribution in [0.3, 0.4) is 0 Å². The monoisotopic (exact) mass is 1010 g/mol. The number of hydrogen-bond acceptors (Lipinski definition) is 15. The normalized spacial score (nSPS) is 24.9. The minimum Gasteiger partial charge on any atom is -0.481 e. The third-order valence-corrected chi connectivity index (χ3v) is 11.2. The number of aliphatic imine (C=N–C) groups is 1. The van der Waals surface area contributed by atoms with Crippen molar-refractivity contribution in [2.75, 3.05) is 36.6 Å². The zero-order chi connectivity index (χ0) is 51.0. The summed E-state index contributed by atoms with van der Waals surface area (Å²) in [6.07, 6.45) is -0.0749. The van der Waals surface area contributed by atoms with Gasteiger partial charge in [0.25, 0.3) is 0 Å².